The van der Waals surface area contributed by atoms with Gasteiger partial charge in [-0.15, -0.1) is 0 Å². The Morgan fingerprint density at radius 3 is 1.63 bits per heavy atom. The minimum Gasteiger partial charge on any atom is -0.507 e. The maximum Gasteiger partial charge on any atom is 0.526 e. The molecule has 10 rings (SSSR count). The number of aryl methyl sites for hydroxylation is 2. The van der Waals surface area contributed by atoms with Crippen LogP contribution >= 0.6 is 15.9 Å². The molecule has 0 radical (unpaired) electrons. The number of benzene rings is 4. The van der Waals surface area contributed by atoms with E-state index in [0.29, 0.717) is 28.9 Å². The third-order valence-corrected chi connectivity index (χ3v) is 15.7. The molecule has 68 heavy (non-hydrogen) atoms. The van der Waals surface area contributed by atoms with E-state index in [2.05, 4.69) is 108 Å². The summed E-state index contributed by atoms with van der Waals surface area (Å²) in [5.41, 5.74) is 9.07. The molecule has 360 valence electrons. The number of fused-ring (bicyclic) bond motifs is 8. The van der Waals surface area contributed by atoms with Crippen molar-refractivity contribution in [3.05, 3.63) is 123 Å². The number of hydrogen-bond acceptors (Lipinski definition) is 8. The molecule has 0 spiro atoms. The van der Waals surface area contributed by atoms with Crippen molar-refractivity contribution in [2.75, 3.05) is 0 Å². The molecule has 8 nitrogen and oxygen atoms in total. The highest BCUT2D eigenvalue weighted by Gasteiger charge is 2.47. The van der Waals surface area contributed by atoms with Gasteiger partial charge in [0.1, 0.15) is 56.8 Å². The first-order chi connectivity index (χ1) is 32.5. The first kappa shape index (κ1) is 49.5. The zero-order valence-corrected chi connectivity index (χ0v) is 42.8. The number of para-hydroxylation sites is 2. The summed E-state index contributed by atoms with van der Waals surface area (Å²) in [5.74, 6) is 4.35. The highest BCUT2D eigenvalue weighted by Crippen LogP contribution is 2.57. The number of hydrogen-bond donors (Lipinski definition) is 4. The summed E-state index contributed by atoms with van der Waals surface area (Å²) in [6, 6.07) is 23.4. The first-order valence-corrected chi connectivity index (χ1v) is 25.8. The lowest BCUT2D eigenvalue weighted by molar-refractivity contribution is 0.0103. The van der Waals surface area contributed by atoms with Gasteiger partial charge in [0.05, 0.1) is 10.0 Å². The Hall–Kier alpha value is -4.90. The minimum absolute atomic E-state index is 0.162. The number of rotatable bonds is 10. The van der Waals surface area contributed by atoms with Crippen molar-refractivity contribution in [1.82, 2.24) is 0 Å². The molecule has 2 aliphatic carbocycles. The summed E-state index contributed by atoms with van der Waals surface area (Å²) in [4.78, 5) is 0. The Balaban J connectivity index is 0.000000152. The van der Waals surface area contributed by atoms with Gasteiger partial charge in [-0.25, -0.2) is 0 Å². The van der Waals surface area contributed by atoms with Gasteiger partial charge < -0.3 is 38.6 Å². The predicted molar refractivity (Wildman–Crippen MR) is 279 cm³/mol. The second-order valence-corrected chi connectivity index (χ2v) is 21.5. The van der Waals surface area contributed by atoms with Crippen LogP contribution in [0.4, 0.5) is 0 Å². The molecule has 0 unspecified atom stereocenters. The standard InChI is InChI=1S/C29H34O3.C21H29BrO2.C8H7BO3/c1-5-6-7-11-20-17-25-27(21-15-18(2)13-14-22(21)29(3,4)32-25)28(30)26(20)24-16-19-10-8-9-12-23(19)31-24;1-5-6-7-8-14-12-17-18(20(23)19(14)22)15-11-13(2)9-10-16(15)21(3,4)24-17;10-9(11)8-5-6-3-1-2-4-7(6)12-8/h8-10,12,15-17,21-22,30H,5-7,11,13-14H2,1-4H3;11-12,15-16,23H,5-10H2,1-4H3;1-5,10-11H/t21-,22-;15-,16-;/m11./s1. The molecule has 2 aromatic heterocycles. The highest BCUT2D eigenvalue weighted by atomic mass is 79.9. The number of ether oxygens (including phenoxy) is 2. The van der Waals surface area contributed by atoms with Crippen molar-refractivity contribution in [2.45, 2.75) is 155 Å². The molecule has 0 saturated carbocycles. The van der Waals surface area contributed by atoms with Gasteiger partial charge in [-0.05, 0) is 156 Å². The average molecular weight is 986 g/mol. The van der Waals surface area contributed by atoms with E-state index < -0.39 is 7.12 Å². The molecule has 2 aliphatic heterocycles. The number of allylic oxidation sites excluding steroid dienone is 4. The summed E-state index contributed by atoms with van der Waals surface area (Å²) >= 11 is 3.65. The number of aromatic hydroxyl groups is 2. The summed E-state index contributed by atoms with van der Waals surface area (Å²) in [7, 11) is -1.53. The third kappa shape index (κ3) is 10.2. The van der Waals surface area contributed by atoms with Gasteiger partial charge in [-0.3, -0.25) is 0 Å². The van der Waals surface area contributed by atoms with Crippen molar-refractivity contribution >= 4 is 50.6 Å². The Kier molecular flexibility index (Phi) is 15.0. The molecular formula is C58H70BBrO8. The van der Waals surface area contributed by atoms with Crippen LogP contribution in [-0.2, 0) is 12.8 Å². The van der Waals surface area contributed by atoms with Gasteiger partial charge >= 0.3 is 7.12 Å². The Morgan fingerprint density at radius 1 is 0.632 bits per heavy atom. The van der Waals surface area contributed by atoms with Gasteiger partial charge in [-0.1, -0.05) is 99.2 Å². The minimum atomic E-state index is -1.53. The van der Waals surface area contributed by atoms with E-state index in [1.54, 1.807) is 12.1 Å². The zero-order valence-electron chi connectivity index (χ0n) is 41.3. The lowest BCUT2D eigenvalue weighted by atomic mass is 9.67. The van der Waals surface area contributed by atoms with Crippen molar-refractivity contribution < 1.29 is 38.6 Å². The maximum atomic E-state index is 11.8. The fourth-order valence-corrected chi connectivity index (χ4v) is 11.7. The van der Waals surface area contributed by atoms with Gasteiger partial charge in [0, 0.05) is 45.6 Å². The molecule has 4 aromatic carbocycles. The van der Waals surface area contributed by atoms with Crippen molar-refractivity contribution in [3.63, 3.8) is 0 Å². The normalized spacial score (nSPS) is 20.7. The van der Waals surface area contributed by atoms with Gasteiger partial charge in [-0.2, -0.15) is 0 Å². The zero-order chi connectivity index (χ0) is 48.5. The van der Waals surface area contributed by atoms with Crippen LogP contribution < -0.4 is 15.1 Å². The first-order valence-electron chi connectivity index (χ1n) is 25.0. The van der Waals surface area contributed by atoms with Gasteiger partial charge in [0.25, 0.3) is 0 Å². The lowest BCUT2D eigenvalue weighted by Crippen LogP contribution is -2.45. The topological polar surface area (TPSA) is 126 Å². The molecular weight excluding hydrogens is 915 g/mol. The van der Waals surface area contributed by atoms with E-state index in [4.69, 9.17) is 28.4 Å². The lowest BCUT2D eigenvalue weighted by Gasteiger charge is -2.46. The summed E-state index contributed by atoms with van der Waals surface area (Å²) in [5, 5.41) is 42.2. The molecule has 4 heterocycles. The molecule has 0 fully saturated rings. The van der Waals surface area contributed by atoms with Crippen LogP contribution in [0.1, 0.15) is 154 Å². The molecule has 4 aliphatic rings. The number of phenolic OH excluding ortho intramolecular Hbond substituents is 2. The van der Waals surface area contributed by atoms with Crippen LogP contribution in [0.5, 0.6) is 23.0 Å². The van der Waals surface area contributed by atoms with Gasteiger partial charge in [0.2, 0.25) is 0 Å². The van der Waals surface area contributed by atoms with E-state index in [1.165, 1.54) is 24.0 Å². The monoisotopic (exact) mass is 984 g/mol. The fraction of sp³-hybridized carbons (Fsp3) is 0.448. The number of unbranched alkanes of at least 4 members (excludes halogenated alkanes) is 4. The van der Waals surface area contributed by atoms with Crippen LogP contribution in [0.25, 0.3) is 33.3 Å². The quantitative estimate of drug-likeness (QED) is 0.0608. The molecule has 0 amide bonds. The molecule has 0 bridgehead atoms. The predicted octanol–water partition coefficient (Wildman–Crippen LogP) is 14.8. The van der Waals surface area contributed by atoms with E-state index in [1.807, 2.05) is 36.4 Å². The van der Waals surface area contributed by atoms with Crippen LogP contribution in [0.3, 0.4) is 0 Å². The maximum absolute atomic E-state index is 11.8. The van der Waals surface area contributed by atoms with Crippen LogP contribution in [0.15, 0.2) is 109 Å². The molecule has 10 heteroatoms. The van der Waals surface area contributed by atoms with E-state index in [9.17, 15) is 10.2 Å². The van der Waals surface area contributed by atoms with E-state index in [-0.39, 0.29) is 28.7 Å². The van der Waals surface area contributed by atoms with E-state index >= 15 is 0 Å². The summed E-state index contributed by atoms with van der Waals surface area (Å²) in [6.45, 7) is 17.6. The fourth-order valence-electron chi connectivity index (χ4n) is 11.2. The van der Waals surface area contributed by atoms with Crippen molar-refractivity contribution in [2.24, 2.45) is 11.8 Å². The average Bonchev–Trinajstić information content (AvgIpc) is 3.93. The molecule has 4 atom stereocenters. The molecule has 6 aromatic rings. The van der Waals surface area contributed by atoms with Crippen molar-refractivity contribution in [1.29, 1.82) is 0 Å². The van der Waals surface area contributed by atoms with Gasteiger partial charge in [0.15, 0.2) is 0 Å². The Morgan fingerprint density at radius 2 is 1.12 bits per heavy atom. The summed E-state index contributed by atoms with van der Waals surface area (Å²) in [6.07, 6.45) is 18.0. The van der Waals surface area contributed by atoms with Crippen LogP contribution in [0, 0.1) is 11.8 Å². The van der Waals surface area contributed by atoms with Crippen LogP contribution in [-0.4, -0.2) is 38.6 Å². The largest absolute Gasteiger partial charge is 0.526 e. The Labute approximate surface area is 411 Å². The highest BCUT2D eigenvalue weighted by molar-refractivity contribution is 9.10. The second kappa shape index (κ2) is 20.6. The number of halogens is 1. The summed E-state index contributed by atoms with van der Waals surface area (Å²) < 4.78 is 25.2. The Bertz CT molecular complexity index is 2740. The smallest absolute Gasteiger partial charge is 0.507 e. The second-order valence-electron chi connectivity index (χ2n) is 20.7. The number of phenols is 2. The van der Waals surface area contributed by atoms with E-state index in [0.717, 1.165) is 130 Å². The molecule has 0 saturated heterocycles. The van der Waals surface area contributed by atoms with Crippen LogP contribution in [0.2, 0.25) is 0 Å². The molecule has 4 N–H and O–H groups in total. The third-order valence-electron chi connectivity index (χ3n) is 14.9. The SMILES string of the molecule is CCCCCc1cc2c(c(O)c1-c1cc3ccccc3o1)[C@@H]1C=C(C)CC[C@H]1C(C)(C)O2.CCCCCc1cc2c(c(O)c1Br)[C@@H]1C=C(C)CC[C@H]1C(C)(C)O2.OB(O)c1cc2ccccc2o1. The number of furan rings is 2. The van der Waals surface area contributed by atoms with Crippen molar-refractivity contribution in [3.8, 4) is 34.3 Å².